The van der Waals surface area contributed by atoms with Crippen molar-refractivity contribution in [1.82, 2.24) is 14.8 Å². The smallest absolute Gasteiger partial charge is 0.322 e. The van der Waals surface area contributed by atoms with Crippen LogP contribution in [-0.4, -0.2) is 67.1 Å². The van der Waals surface area contributed by atoms with Crippen molar-refractivity contribution in [2.45, 2.75) is 12.8 Å². The number of hydrogen-bond acceptors (Lipinski definition) is 4. The third kappa shape index (κ3) is 3.26. The van der Waals surface area contributed by atoms with Crippen LogP contribution in [0.25, 0.3) is 0 Å². The van der Waals surface area contributed by atoms with Gasteiger partial charge in [-0.05, 0) is 32.0 Å². The number of carbonyl (C=O) groups is 1. The number of carbonyl (C=O) groups excluding carboxylic acids is 1. The Bertz CT molecular complexity index is 493. The van der Waals surface area contributed by atoms with Crippen LogP contribution in [-0.2, 0) is 0 Å². The normalized spacial score (nSPS) is 19.9. The van der Waals surface area contributed by atoms with Gasteiger partial charge in [-0.3, -0.25) is 0 Å². The average molecular weight is 289 g/mol. The number of urea groups is 1. The molecule has 0 atom stereocenters. The maximum atomic E-state index is 12.4. The van der Waals surface area contributed by atoms with Crippen LogP contribution in [0.4, 0.5) is 16.3 Å². The molecule has 1 aromatic heterocycles. The van der Waals surface area contributed by atoms with Crippen LogP contribution in [0.2, 0.25) is 0 Å². The maximum Gasteiger partial charge on any atom is 0.322 e. The Morgan fingerprint density at radius 3 is 2.57 bits per heavy atom. The molecular formula is C15H23N5O. The minimum atomic E-state index is -0.0171. The van der Waals surface area contributed by atoms with E-state index < -0.39 is 0 Å². The number of nitrogens with zero attached hydrogens (tertiary/aromatic N) is 4. The summed E-state index contributed by atoms with van der Waals surface area (Å²) in [5.74, 6) is 0.900. The van der Waals surface area contributed by atoms with Gasteiger partial charge in [0.25, 0.3) is 0 Å². The van der Waals surface area contributed by atoms with E-state index in [9.17, 15) is 4.79 Å². The largest absolute Gasteiger partial charge is 0.355 e. The van der Waals surface area contributed by atoms with Gasteiger partial charge in [-0.2, -0.15) is 0 Å². The fourth-order valence-electron chi connectivity index (χ4n) is 2.88. The first kappa shape index (κ1) is 14.1. The number of rotatable bonds is 2. The molecule has 6 nitrogen and oxygen atoms in total. The summed E-state index contributed by atoms with van der Waals surface area (Å²) < 4.78 is 0. The first-order valence-corrected chi connectivity index (χ1v) is 7.68. The van der Waals surface area contributed by atoms with Crippen molar-refractivity contribution in [3.8, 4) is 0 Å². The molecule has 3 rings (SSSR count). The molecule has 2 aliphatic rings. The molecule has 0 aromatic carbocycles. The van der Waals surface area contributed by atoms with Crippen molar-refractivity contribution in [3.05, 3.63) is 18.3 Å². The van der Waals surface area contributed by atoms with E-state index in [1.807, 2.05) is 17.0 Å². The minimum absolute atomic E-state index is 0.0171. The number of amides is 2. The number of hydrogen-bond donors (Lipinski definition) is 1. The van der Waals surface area contributed by atoms with E-state index in [1.165, 1.54) is 12.8 Å². The number of nitrogens with one attached hydrogen (secondary N) is 1. The lowest BCUT2D eigenvalue weighted by Crippen LogP contribution is -2.48. The van der Waals surface area contributed by atoms with Crippen LogP contribution in [0.3, 0.4) is 0 Å². The lowest BCUT2D eigenvalue weighted by atomic mass is 10.3. The van der Waals surface area contributed by atoms with Gasteiger partial charge in [0.2, 0.25) is 0 Å². The summed E-state index contributed by atoms with van der Waals surface area (Å²) in [6.07, 6.45) is 4.18. The zero-order chi connectivity index (χ0) is 14.7. The molecule has 6 heteroatoms. The van der Waals surface area contributed by atoms with Crippen LogP contribution in [0.5, 0.6) is 0 Å². The van der Waals surface area contributed by atoms with Gasteiger partial charge in [-0.15, -0.1) is 0 Å². The molecule has 2 saturated heterocycles. The summed E-state index contributed by atoms with van der Waals surface area (Å²) in [4.78, 5) is 23.2. The van der Waals surface area contributed by atoms with Crippen molar-refractivity contribution >= 4 is 17.5 Å². The molecule has 0 radical (unpaired) electrons. The monoisotopic (exact) mass is 289 g/mol. The second kappa shape index (κ2) is 6.30. The van der Waals surface area contributed by atoms with Crippen LogP contribution >= 0.6 is 0 Å². The molecule has 0 aliphatic carbocycles. The van der Waals surface area contributed by atoms with E-state index in [-0.39, 0.29) is 6.03 Å². The second-order valence-electron chi connectivity index (χ2n) is 5.79. The molecule has 0 unspecified atom stereocenters. The quantitative estimate of drug-likeness (QED) is 0.895. The molecule has 3 heterocycles. The number of likely N-dealkylation sites (N-methyl/N-ethyl adjacent to an activating group) is 1. The van der Waals surface area contributed by atoms with E-state index in [1.54, 1.807) is 6.20 Å². The standard InChI is InChI=1S/C15H23N5O/c1-18-9-11-20(12-10-18)15(21)17-13-5-4-6-16-14(13)19-7-2-3-8-19/h4-6H,2-3,7-12H2,1H3,(H,17,21). The average Bonchev–Trinajstić information content (AvgIpc) is 3.02. The molecule has 2 aliphatic heterocycles. The topological polar surface area (TPSA) is 51.7 Å². The predicted molar refractivity (Wildman–Crippen MR) is 83.8 cm³/mol. The number of anilines is 2. The van der Waals surface area contributed by atoms with Gasteiger partial charge in [0.1, 0.15) is 0 Å². The Morgan fingerprint density at radius 1 is 1.14 bits per heavy atom. The van der Waals surface area contributed by atoms with Crippen LogP contribution in [0.15, 0.2) is 18.3 Å². The summed E-state index contributed by atoms with van der Waals surface area (Å²) in [7, 11) is 2.09. The van der Waals surface area contributed by atoms with Gasteiger partial charge in [0, 0.05) is 45.5 Å². The third-order valence-corrected chi connectivity index (χ3v) is 4.22. The number of pyridine rings is 1. The molecule has 2 amide bonds. The van der Waals surface area contributed by atoms with Gasteiger partial charge < -0.3 is 20.0 Å². The fourth-order valence-corrected chi connectivity index (χ4v) is 2.88. The molecule has 2 fully saturated rings. The second-order valence-corrected chi connectivity index (χ2v) is 5.79. The van der Waals surface area contributed by atoms with Gasteiger partial charge >= 0.3 is 6.03 Å². The zero-order valence-corrected chi connectivity index (χ0v) is 12.6. The third-order valence-electron chi connectivity index (χ3n) is 4.22. The highest BCUT2D eigenvalue weighted by atomic mass is 16.2. The van der Waals surface area contributed by atoms with Gasteiger partial charge in [0.15, 0.2) is 5.82 Å². The van der Waals surface area contributed by atoms with Gasteiger partial charge in [-0.25, -0.2) is 9.78 Å². The summed E-state index contributed by atoms with van der Waals surface area (Å²) >= 11 is 0. The molecule has 21 heavy (non-hydrogen) atoms. The van der Waals surface area contributed by atoms with Crippen LogP contribution in [0.1, 0.15) is 12.8 Å². The van der Waals surface area contributed by atoms with Crippen LogP contribution in [0, 0.1) is 0 Å². The highest BCUT2D eigenvalue weighted by molar-refractivity contribution is 5.92. The zero-order valence-electron chi connectivity index (χ0n) is 12.6. The predicted octanol–water partition coefficient (Wildman–Crippen LogP) is 1.46. The van der Waals surface area contributed by atoms with Crippen molar-refractivity contribution in [2.75, 3.05) is 56.5 Å². The van der Waals surface area contributed by atoms with E-state index in [4.69, 9.17) is 0 Å². The van der Waals surface area contributed by atoms with Gasteiger partial charge in [0.05, 0.1) is 5.69 Å². The molecule has 0 saturated carbocycles. The Hall–Kier alpha value is -1.82. The Labute approximate surface area is 125 Å². The SMILES string of the molecule is CN1CCN(C(=O)Nc2cccnc2N2CCCC2)CC1. The van der Waals surface area contributed by atoms with Crippen molar-refractivity contribution < 1.29 is 4.79 Å². The van der Waals surface area contributed by atoms with Crippen molar-refractivity contribution in [3.63, 3.8) is 0 Å². The number of piperazine rings is 1. The van der Waals surface area contributed by atoms with E-state index in [0.29, 0.717) is 0 Å². The Kier molecular flexibility index (Phi) is 4.24. The molecule has 0 spiro atoms. The van der Waals surface area contributed by atoms with E-state index in [0.717, 1.165) is 50.8 Å². The van der Waals surface area contributed by atoms with Gasteiger partial charge in [-0.1, -0.05) is 0 Å². The van der Waals surface area contributed by atoms with E-state index in [2.05, 4.69) is 27.1 Å². The number of aromatic nitrogens is 1. The fraction of sp³-hybridized carbons (Fsp3) is 0.600. The molecule has 1 N–H and O–H groups in total. The molecular weight excluding hydrogens is 266 g/mol. The minimum Gasteiger partial charge on any atom is -0.355 e. The lowest BCUT2D eigenvalue weighted by molar-refractivity contribution is 0.164. The lowest BCUT2D eigenvalue weighted by Gasteiger charge is -2.32. The van der Waals surface area contributed by atoms with E-state index >= 15 is 0 Å². The maximum absolute atomic E-state index is 12.4. The first-order valence-electron chi connectivity index (χ1n) is 7.68. The van der Waals surface area contributed by atoms with Crippen LogP contribution < -0.4 is 10.2 Å². The summed E-state index contributed by atoms with van der Waals surface area (Å²) in [5, 5.41) is 3.04. The van der Waals surface area contributed by atoms with Crippen molar-refractivity contribution in [2.24, 2.45) is 0 Å². The molecule has 114 valence electrons. The Morgan fingerprint density at radius 2 is 1.86 bits per heavy atom. The highest BCUT2D eigenvalue weighted by Crippen LogP contribution is 2.26. The summed E-state index contributed by atoms with van der Waals surface area (Å²) in [6.45, 7) is 5.46. The first-order chi connectivity index (χ1) is 10.2. The molecule has 1 aromatic rings. The van der Waals surface area contributed by atoms with Crippen molar-refractivity contribution in [1.29, 1.82) is 0 Å². The molecule has 0 bridgehead atoms. The highest BCUT2D eigenvalue weighted by Gasteiger charge is 2.22. The Balaban J connectivity index is 1.68. The summed E-state index contributed by atoms with van der Waals surface area (Å²) in [5.41, 5.74) is 0.823. The summed E-state index contributed by atoms with van der Waals surface area (Å²) in [6, 6.07) is 3.80.